The summed E-state index contributed by atoms with van der Waals surface area (Å²) in [6, 6.07) is 8.62. The standard InChI is InChI=1S/C16H24BrN3O/c1-3-8-20(15-9-18-10-15)11-16(21)19-12(2)13-4-6-14(17)7-5-13/h4-7,12,15,18H,3,8-11H2,1-2H3,(H,19,21). The van der Waals surface area contributed by atoms with Gasteiger partial charge in [-0.15, -0.1) is 0 Å². The lowest BCUT2D eigenvalue weighted by molar-refractivity contribution is -0.123. The normalized spacial score (nSPS) is 16.6. The zero-order chi connectivity index (χ0) is 15.2. The van der Waals surface area contributed by atoms with Gasteiger partial charge in [-0.25, -0.2) is 0 Å². The van der Waals surface area contributed by atoms with Crippen molar-refractivity contribution in [2.24, 2.45) is 0 Å². The Morgan fingerprint density at radius 1 is 1.43 bits per heavy atom. The Labute approximate surface area is 135 Å². The maximum atomic E-state index is 12.2. The lowest BCUT2D eigenvalue weighted by Gasteiger charge is -2.37. The van der Waals surface area contributed by atoms with Crippen LogP contribution in [-0.4, -0.2) is 43.0 Å². The Balaban J connectivity index is 1.86. The number of hydrogen-bond acceptors (Lipinski definition) is 3. The van der Waals surface area contributed by atoms with E-state index in [4.69, 9.17) is 0 Å². The van der Waals surface area contributed by atoms with Gasteiger partial charge >= 0.3 is 0 Å². The zero-order valence-corrected chi connectivity index (χ0v) is 14.3. The molecule has 1 aliphatic heterocycles. The Bertz CT molecular complexity index is 459. The smallest absolute Gasteiger partial charge is 0.234 e. The number of hydrogen-bond donors (Lipinski definition) is 2. The van der Waals surface area contributed by atoms with Crippen molar-refractivity contribution < 1.29 is 4.79 Å². The fourth-order valence-electron chi connectivity index (χ4n) is 2.52. The van der Waals surface area contributed by atoms with Crippen LogP contribution >= 0.6 is 15.9 Å². The molecule has 1 heterocycles. The van der Waals surface area contributed by atoms with Crippen molar-refractivity contribution in [1.29, 1.82) is 0 Å². The van der Waals surface area contributed by atoms with Crippen molar-refractivity contribution in [3.8, 4) is 0 Å². The molecule has 0 bridgehead atoms. The minimum Gasteiger partial charge on any atom is -0.348 e. The minimum atomic E-state index is 0.0357. The Morgan fingerprint density at radius 2 is 2.10 bits per heavy atom. The first kappa shape index (κ1) is 16.5. The van der Waals surface area contributed by atoms with Crippen molar-refractivity contribution >= 4 is 21.8 Å². The summed E-state index contributed by atoms with van der Waals surface area (Å²) < 4.78 is 1.05. The van der Waals surface area contributed by atoms with Gasteiger partial charge in [-0.3, -0.25) is 9.69 Å². The summed E-state index contributed by atoms with van der Waals surface area (Å²) in [5, 5.41) is 6.36. The van der Waals surface area contributed by atoms with Gasteiger partial charge in [0.2, 0.25) is 5.91 Å². The topological polar surface area (TPSA) is 44.4 Å². The van der Waals surface area contributed by atoms with Crippen LogP contribution in [0.25, 0.3) is 0 Å². The Hall–Kier alpha value is -0.910. The molecule has 0 radical (unpaired) electrons. The first-order chi connectivity index (χ1) is 10.1. The van der Waals surface area contributed by atoms with Crippen LogP contribution in [0, 0.1) is 0 Å². The summed E-state index contributed by atoms with van der Waals surface area (Å²) in [6.45, 7) is 7.64. The number of nitrogens with one attached hydrogen (secondary N) is 2. The van der Waals surface area contributed by atoms with E-state index in [0.29, 0.717) is 12.6 Å². The van der Waals surface area contributed by atoms with E-state index in [1.807, 2.05) is 31.2 Å². The van der Waals surface area contributed by atoms with E-state index in [2.05, 4.69) is 38.4 Å². The molecule has 1 unspecified atom stereocenters. The predicted molar refractivity (Wildman–Crippen MR) is 89.2 cm³/mol. The van der Waals surface area contributed by atoms with Crippen LogP contribution in [0.2, 0.25) is 0 Å². The number of nitrogens with zero attached hydrogens (tertiary/aromatic N) is 1. The molecule has 21 heavy (non-hydrogen) atoms. The highest BCUT2D eigenvalue weighted by molar-refractivity contribution is 9.10. The Kier molecular flexibility index (Phi) is 6.21. The summed E-state index contributed by atoms with van der Waals surface area (Å²) in [6.07, 6.45) is 1.08. The first-order valence-electron chi connectivity index (χ1n) is 7.59. The molecule has 5 heteroatoms. The minimum absolute atomic E-state index is 0.0357. The molecule has 1 aromatic carbocycles. The van der Waals surface area contributed by atoms with E-state index in [1.54, 1.807) is 0 Å². The molecular formula is C16H24BrN3O. The van der Waals surface area contributed by atoms with Crippen molar-refractivity contribution in [3.63, 3.8) is 0 Å². The monoisotopic (exact) mass is 353 g/mol. The van der Waals surface area contributed by atoms with Crippen LogP contribution in [0.3, 0.4) is 0 Å². The molecule has 116 valence electrons. The number of amides is 1. The highest BCUT2D eigenvalue weighted by Gasteiger charge is 2.25. The molecule has 0 aromatic heterocycles. The van der Waals surface area contributed by atoms with Gasteiger partial charge < -0.3 is 10.6 Å². The van der Waals surface area contributed by atoms with Crippen LogP contribution in [0.5, 0.6) is 0 Å². The van der Waals surface area contributed by atoms with Gasteiger partial charge in [0, 0.05) is 23.6 Å². The molecule has 1 aromatic rings. The SMILES string of the molecule is CCCN(CC(=O)NC(C)c1ccc(Br)cc1)C1CNC1. The molecule has 2 rings (SSSR count). The van der Waals surface area contributed by atoms with E-state index >= 15 is 0 Å². The summed E-state index contributed by atoms with van der Waals surface area (Å²) >= 11 is 3.43. The van der Waals surface area contributed by atoms with Gasteiger partial charge in [0.05, 0.1) is 12.6 Å². The lowest BCUT2D eigenvalue weighted by Crippen LogP contribution is -2.59. The van der Waals surface area contributed by atoms with Crippen LogP contribution in [-0.2, 0) is 4.79 Å². The molecule has 1 fully saturated rings. The average molecular weight is 354 g/mol. The van der Waals surface area contributed by atoms with Crippen LogP contribution in [0.4, 0.5) is 0 Å². The van der Waals surface area contributed by atoms with Crippen LogP contribution < -0.4 is 10.6 Å². The van der Waals surface area contributed by atoms with Gasteiger partial charge in [-0.05, 0) is 37.6 Å². The second-order valence-electron chi connectivity index (χ2n) is 5.62. The third kappa shape index (κ3) is 4.80. The maximum Gasteiger partial charge on any atom is 0.234 e. The summed E-state index contributed by atoms with van der Waals surface area (Å²) in [7, 11) is 0. The van der Waals surface area contributed by atoms with Gasteiger partial charge in [-0.2, -0.15) is 0 Å². The highest BCUT2D eigenvalue weighted by atomic mass is 79.9. The molecular weight excluding hydrogens is 330 g/mol. The molecule has 1 amide bonds. The number of carbonyl (C=O) groups is 1. The second-order valence-corrected chi connectivity index (χ2v) is 6.54. The quantitative estimate of drug-likeness (QED) is 0.790. The second kappa shape index (κ2) is 7.92. The fraction of sp³-hybridized carbons (Fsp3) is 0.562. The Morgan fingerprint density at radius 3 is 2.62 bits per heavy atom. The molecule has 2 N–H and O–H groups in total. The van der Waals surface area contributed by atoms with Crippen LogP contribution in [0.1, 0.15) is 31.9 Å². The number of benzene rings is 1. The van der Waals surface area contributed by atoms with Crippen molar-refractivity contribution in [3.05, 3.63) is 34.3 Å². The predicted octanol–water partition coefficient (Wildman–Crippen LogP) is 2.31. The molecule has 1 atom stereocenters. The van der Waals surface area contributed by atoms with E-state index in [0.717, 1.165) is 36.1 Å². The first-order valence-corrected chi connectivity index (χ1v) is 8.39. The molecule has 1 saturated heterocycles. The zero-order valence-electron chi connectivity index (χ0n) is 12.7. The van der Waals surface area contributed by atoms with Gasteiger partial charge in [-0.1, -0.05) is 35.0 Å². The molecule has 0 saturated carbocycles. The molecule has 1 aliphatic rings. The average Bonchev–Trinajstić information content (AvgIpc) is 2.37. The maximum absolute atomic E-state index is 12.2. The molecule has 0 aliphatic carbocycles. The number of carbonyl (C=O) groups excluding carboxylic acids is 1. The van der Waals surface area contributed by atoms with Crippen molar-refractivity contribution in [2.75, 3.05) is 26.2 Å². The summed E-state index contributed by atoms with van der Waals surface area (Å²) in [5.41, 5.74) is 1.12. The number of halogens is 1. The van der Waals surface area contributed by atoms with Crippen molar-refractivity contribution in [1.82, 2.24) is 15.5 Å². The van der Waals surface area contributed by atoms with E-state index in [1.165, 1.54) is 0 Å². The molecule has 0 spiro atoms. The third-order valence-corrected chi connectivity index (χ3v) is 4.41. The van der Waals surface area contributed by atoms with E-state index < -0.39 is 0 Å². The lowest BCUT2D eigenvalue weighted by atomic mass is 10.1. The molecule has 4 nitrogen and oxygen atoms in total. The third-order valence-electron chi connectivity index (χ3n) is 3.88. The van der Waals surface area contributed by atoms with E-state index in [-0.39, 0.29) is 11.9 Å². The number of rotatable bonds is 7. The largest absolute Gasteiger partial charge is 0.348 e. The summed E-state index contributed by atoms with van der Waals surface area (Å²) in [4.78, 5) is 14.5. The van der Waals surface area contributed by atoms with Crippen LogP contribution in [0.15, 0.2) is 28.7 Å². The van der Waals surface area contributed by atoms with Gasteiger partial charge in [0.25, 0.3) is 0 Å². The van der Waals surface area contributed by atoms with Gasteiger partial charge in [0.15, 0.2) is 0 Å². The highest BCUT2D eigenvalue weighted by Crippen LogP contribution is 2.16. The summed E-state index contributed by atoms with van der Waals surface area (Å²) in [5.74, 6) is 0.103. The van der Waals surface area contributed by atoms with Gasteiger partial charge in [0.1, 0.15) is 0 Å². The fourth-order valence-corrected chi connectivity index (χ4v) is 2.78. The van der Waals surface area contributed by atoms with E-state index in [9.17, 15) is 4.79 Å². The van der Waals surface area contributed by atoms with Crippen molar-refractivity contribution in [2.45, 2.75) is 32.4 Å².